The maximum absolute atomic E-state index is 12.4. The van der Waals surface area contributed by atoms with Crippen LogP contribution in [0.1, 0.15) is 34.1 Å². The first-order valence-electron chi connectivity index (χ1n) is 8.92. The predicted molar refractivity (Wildman–Crippen MR) is 105 cm³/mol. The van der Waals surface area contributed by atoms with Gasteiger partial charge in [0.15, 0.2) is 0 Å². The zero-order valence-corrected chi connectivity index (χ0v) is 17.7. The van der Waals surface area contributed by atoms with Crippen molar-refractivity contribution >= 4 is 41.4 Å². The van der Waals surface area contributed by atoms with Gasteiger partial charge in [-0.3, -0.25) is 24.0 Å². The largest absolute Gasteiger partial charge is 0.465 e. The van der Waals surface area contributed by atoms with Gasteiger partial charge >= 0.3 is 5.97 Å². The van der Waals surface area contributed by atoms with E-state index in [1.54, 1.807) is 6.92 Å². The molecular formula is C17H30N4O6S. The van der Waals surface area contributed by atoms with Crippen LogP contribution in [0, 0.1) is 0 Å². The number of nitrogens with one attached hydrogen (secondary N) is 4. The first-order valence-corrected chi connectivity index (χ1v) is 10.3. The van der Waals surface area contributed by atoms with Crippen molar-refractivity contribution in [2.24, 2.45) is 0 Å². The van der Waals surface area contributed by atoms with E-state index >= 15 is 0 Å². The van der Waals surface area contributed by atoms with Crippen LogP contribution in [-0.4, -0.2) is 72.9 Å². The average Bonchev–Trinajstić information content (AvgIpc) is 2.62. The summed E-state index contributed by atoms with van der Waals surface area (Å²) in [6.45, 7) is 5.81. The van der Waals surface area contributed by atoms with E-state index in [4.69, 9.17) is 4.74 Å². The van der Waals surface area contributed by atoms with Crippen molar-refractivity contribution < 1.29 is 28.7 Å². The molecule has 0 radical (unpaired) electrons. The van der Waals surface area contributed by atoms with Gasteiger partial charge in [-0.2, -0.15) is 11.8 Å². The minimum Gasteiger partial charge on any atom is -0.465 e. The molecule has 0 aliphatic rings. The minimum atomic E-state index is -0.918. The molecule has 11 heteroatoms. The summed E-state index contributed by atoms with van der Waals surface area (Å²) in [5, 5.41) is 9.90. The van der Waals surface area contributed by atoms with E-state index < -0.39 is 41.8 Å². The third kappa shape index (κ3) is 10.8. The quantitative estimate of drug-likeness (QED) is 0.296. The van der Waals surface area contributed by atoms with Crippen LogP contribution in [0.15, 0.2) is 0 Å². The Balaban J connectivity index is 4.76. The van der Waals surface area contributed by atoms with Crippen LogP contribution in [0.3, 0.4) is 0 Å². The molecule has 0 saturated carbocycles. The molecule has 0 saturated heterocycles. The second-order valence-electron chi connectivity index (χ2n) is 6.02. The fraction of sp³-hybridized carbons (Fsp3) is 0.706. The van der Waals surface area contributed by atoms with E-state index in [0.717, 1.165) is 0 Å². The van der Waals surface area contributed by atoms with Gasteiger partial charge in [0.1, 0.15) is 24.7 Å². The zero-order valence-electron chi connectivity index (χ0n) is 16.9. The molecule has 0 fully saturated rings. The molecule has 4 N–H and O–H groups in total. The lowest BCUT2D eigenvalue weighted by atomic mass is 10.1. The third-order valence-electron chi connectivity index (χ3n) is 3.52. The fourth-order valence-corrected chi connectivity index (χ4v) is 2.54. The molecule has 0 aromatic rings. The number of rotatable bonds is 12. The Morgan fingerprint density at radius 2 is 1.50 bits per heavy atom. The van der Waals surface area contributed by atoms with E-state index in [-0.39, 0.29) is 19.1 Å². The number of esters is 1. The Morgan fingerprint density at radius 3 is 2.04 bits per heavy atom. The molecule has 160 valence electrons. The molecule has 0 aliphatic heterocycles. The number of thioether (sulfide) groups is 1. The van der Waals surface area contributed by atoms with Crippen LogP contribution in [0.2, 0.25) is 0 Å². The number of carbonyl (C=O) groups excluding carboxylic acids is 5. The van der Waals surface area contributed by atoms with Gasteiger partial charge in [-0.25, -0.2) is 0 Å². The molecule has 3 atom stereocenters. The maximum atomic E-state index is 12.4. The van der Waals surface area contributed by atoms with Crippen molar-refractivity contribution in [3.63, 3.8) is 0 Å². The van der Waals surface area contributed by atoms with Crippen molar-refractivity contribution in [2.45, 2.75) is 52.2 Å². The molecule has 0 bridgehead atoms. The fourth-order valence-electron chi connectivity index (χ4n) is 2.07. The highest BCUT2D eigenvalue weighted by Crippen LogP contribution is 2.02. The van der Waals surface area contributed by atoms with Crippen molar-refractivity contribution in [1.82, 2.24) is 21.3 Å². The molecule has 10 nitrogen and oxygen atoms in total. The Kier molecular flexibility index (Phi) is 12.7. The summed E-state index contributed by atoms with van der Waals surface area (Å²) in [4.78, 5) is 59.0. The summed E-state index contributed by atoms with van der Waals surface area (Å²) in [6, 6.07) is -2.58. The van der Waals surface area contributed by atoms with E-state index in [9.17, 15) is 24.0 Å². The van der Waals surface area contributed by atoms with Gasteiger partial charge in [0.25, 0.3) is 0 Å². The van der Waals surface area contributed by atoms with Crippen LogP contribution < -0.4 is 21.3 Å². The molecule has 0 aromatic heterocycles. The predicted octanol–water partition coefficient (Wildman–Crippen LogP) is -1.07. The SMILES string of the molecule is CCOC(=O)CNC(=O)[C@H](CCSC)NC(=O)[C@H](C)NC(=O)[C@H](C)NC(C)=O. The van der Waals surface area contributed by atoms with Gasteiger partial charge in [0, 0.05) is 6.92 Å². The summed E-state index contributed by atoms with van der Waals surface area (Å²) in [5.41, 5.74) is 0. The highest BCUT2D eigenvalue weighted by atomic mass is 32.2. The number of amides is 4. The Labute approximate surface area is 169 Å². The van der Waals surface area contributed by atoms with E-state index in [2.05, 4.69) is 21.3 Å². The summed E-state index contributed by atoms with van der Waals surface area (Å²) in [6.07, 6.45) is 2.21. The highest BCUT2D eigenvalue weighted by Gasteiger charge is 2.25. The zero-order chi connectivity index (χ0) is 21.7. The second kappa shape index (κ2) is 13.8. The first-order chi connectivity index (χ1) is 13.1. The van der Waals surface area contributed by atoms with Crippen molar-refractivity contribution in [3.8, 4) is 0 Å². The molecular weight excluding hydrogens is 388 g/mol. The summed E-state index contributed by atoms with van der Waals surface area (Å²) < 4.78 is 4.74. The van der Waals surface area contributed by atoms with Gasteiger partial charge in [-0.15, -0.1) is 0 Å². The number of carbonyl (C=O) groups is 5. The van der Waals surface area contributed by atoms with E-state index in [1.165, 1.54) is 32.5 Å². The lowest BCUT2D eigenvalue weighted by Gasteiger charge is -2.22. The molecule has 28 heavy (non-hydrogen) atoms. The van der Waals surface area contributed by atoms with E-state index in [0.29, 0.717) is 12.2 Å². The van der Waals surface area contributed by atoms with Crippen LogP contribution in [-0.2, 0) is 28.7 Å². The minimum absolute atomic E-state index is 0.204. The second-order valence-corrected chi connectivity index (χ2v) is 7.00. The van der Waals surface area contributed by atoms with Gasteiger partial charge in [0.2, 0.25) is 23.6 Å². The normalized spacial score (nSPS) is 13.5. The van der Waals surface area contributed by atoms with Gasteiger partial charge in [-0.1, -0.05) is 0 Å². The number of hydrogen-bond donors (Lipinski definition) is 4. The molecule has 0 rings (SSSR count). The Hall–Kier alpha value is -2.30. The lowest BCUT2D eigenvalue weighted by molar-refractivity contribution is -0.143. The summed E-state index contributed by atoms with van der Waals surface area (Å²) >= 11 is 1.50. The van der Waals surface area contributed by atoms with Gasteiger partial charge in [-0.05, 0) is 39.2 Å². The van der Waals surface area contributed by atoms with Crippen LogP contribution in [0.5, 0.6) is 0 Å². The highest BCUT2D eigenvalue weighted by molar-refractivity contribution is 7.98. The monoisotopic (exact) mass is 418 g/mol. The number of ether oxygens (including phenoxy) is 1. The molecule has 0 spiro atoms. The standard InChI is InChI=1S/C17H30N4O6S/c1-6-27-14(23)9-18-17(26)13(7-8-28-5)21-16(25)11(3)20-15(24)10(2)19-12(4)22/h10-11,13H,6-9H2,1-5H3,(H,18,26)(H,19,22)(H,20,24)(H,21,25)/t10-,11-,13-/m0/s1. The molecule has 0 unspecified atom stereocenters. The maximum Gasteiger partial charge on any atom is 0.325 e. The molecule has 0 aliphatic carbocycles. The van der Waals surface area contributed by atoms with Crippen molar-refractivity contribution in [1.29, 1.82) is 0 Å². The van der Waals surface area contributed by atoms with Gasteiger partial charge in [0.05, 0.1) is 6.61 Å². The van der Waals surface area contributed by atoms with Crippen molar-refractivity contribution in [2.75, 3.05) is 25.2 Å². The Morgan fingerprint density at radius 1 is 0.929 bits per heavy atom. The number of hydrogen-bond acceptors (Lipinski definition) is 7. The molecule has 4 amide bonds. The van der Waals surface area contributed by atoms with Crippen LogP contribution >= 0.6 is 11.8 Å². The Bertz CT molecular complexity index is 572. The van der Waals surface area contributed by atoms with Crippen LogP contribution in [0.25, 0.3) is 0 Å². The molecule has 0 aromatic carbocycles. The van der Waals surface area contributed by atoms with E-state index in [1.807, 2.05) is 6.26 Å². The molecule has 0 heterocycles. The third-order valence-corrected chi connectivity index (χ3v) is 4.16. The first kappa shape index (κ1) is 25.7. The average molecular weight is 419 g/mol. The van der Waals surface area contributed by atoms with Crippen LogP contribution in [0.4, 0.5) is 0 Å². The smallest absolute Gasteiger partial charge is 0.325 e. The lowest BCUT2D eigenvalue weighted by Crippen LogP contribution is -2.55. The summed E-state index contributed by atoms with van der Waals surface area (Å²) in [7, 11) is 0. The topological polar surface area (TPSA) is 143 Å². The van der Waals surface area contributed by atoms with Crippen molar-refractivity contribution in [3.05, 3.63) is 0 Å². The summed E-state index contributed by atoms with van der Waals surface area (Å²) in [5.74, 6) is -1.92. The van der Waals surface area contributed by atoms with Gasteiger partial charge < -0.3 is 26.0 Å².